The van der Waals surface area contributed by atoms with Crippen molar-refractivity contribution < 1.29 is 29.7 Å². The number of hydrogen-bond donors (Lipinski definition) is 4. The van der Waals surface area contributed by atoms with Crippen LogP contribution in [0.2, 0.25) is 0 Å². The van der Waals surface area contributed by atoms with Crippen molar-refractivity contribution in [2.75, 3.05) is 0 Å². The summed E-state index contributed by atoms with van der Waals surface area (Å²) in [5.41, 5.74) is 4.84. The Balaban J connectivity index is 0. The van der Waals surface area contributed by atoms with Crippen LogP contribution in [-0.2, 0) is 14.4 Å². The Morgan fingerprint density at radius 3 is 1.47 bits per heavy atom. The summed E-state index contributed by atoms with van der Waals surface area (Å²) in [5, 5.41) is 23.9. The summed E-state index contributed by atoms with van der Waals surface area (Å²) >= 11 is 0. The van der Waals surface area contributed by atoms with Gasteiger partial charge in [0.25, 0.3) is 0 Å². The van der Waals surface area contributed by atoms with Crippen LogP contribution in [0.1, 0.15) is 26.2 Å². The Labute approximate surface area is 86.5 Å². The van der Waals surface area contributed by atoms with Crippen LogP contribution in [0.15, 0.2) is 0 Å². The predicted octanol–water partition coefficient (Wildman–Crippen LogP) is -0.256. The van der Waals surface area contributed by atoms with E-state index in [0.717, 1.165) is 0 Å². The van der Waals surface area contributed by atoms with Crippen LogP contribution in [0.5, 0.6) is 0 Å². The van der Waals surface area contributed by atoms with Gasteiger partial charge in [-0.15, -0.1) is 0 Å². The van der Waals surface area contributed by atoms with E-state index in [9.17, 15) is 14.4 Å². The number of hydrogen-bond acceptors (Lipinski definition) is 4. The molecule has 0 saturated carbocycles. The van der Waals surface area contributed by atoms with Gasteiger partial charge >= 0.3 is 17.9 Å². The molecule has 0 radical (unpaired) electrons. The SMILES string of the molecule is CC(N)C(=O)O.O=C(O)CCCC(=O)O. The number of rotatable bonds is 5. The molecule has 0 bridgehead atoms. The van der Waals surface area contributed by atoms with Crippen molar-refractivity contribution in [1.82, 2.24) is 0 Å². The molecule has 0 aliphatic heterocycles. The zero-order chi connectivity index (χ0) is 12.4. The van der Waals surface area contributed by atoms with Gasteiger partial charge in [0.05, 0.1) is 0 Å². The fraction of sp³-hybridized carbons (Fsp3) is 0.625. The highest BCUT2D eigenvalue weighted by atomic mass is 16.4. The van der Waals surface area contributed by atoms with Gasteiger partial charge in [0.2, 0.25) is 0 Å². The molecule has 0 aromatic heterocycles. The lowest BCUT2D eigenvalue weighted by atomic mass is 10.2. The first-order valence-corrected chi connectivity index (χ1v) is 4.19. The van der Waals surface area contributed by atoms with Crippen LogP contribution in [0.25, 0.3) is 0 Å². The number of carbonyl (C=O) groups is 3. The molecule has 0 rings (SSSR count). The van der Waals surface area contributed by atoms with Crippen LogP contribution in [0, 0.1) is 0 Å². The third kappa shape index (κ3) is 19.0. The molecule has 0 heterocycles. The maximum atomic E-state index is 9.79. The highest BCUT2D eigenvalue weighted by molar-refractivity contribution is 5.72. The normalized spacial score (nSPS) is 10.8. The summed E-state index contributed by atoms with van der Waals surface area (Å²) in [6.07, 6.45) is 0.0866. The maximum absolute atomic E-state index is 9.79. The largest absolute Gasteiger partial charge is 0.481 e. The molecule has 0 amide bonds. The zero-order valence-corrected chi connectivity index (χ0v) is 8.34. The fourth-order valence-corrected chi connectivity index (χ4v) is 0.391. The van der Waals surface area contributed by atoms with E-state index in [1.807, 2.05) is 0 Å². The molecule has 15 heavy (non-hydrogen) atoms. The monoisotopic (exact) mass is 221 g/mol. The lowest BCUT2D eigenvalue weighted by Crippen LogP contribution is -2.25. The van der Waals surface area contributed by atoms with Crippen molar-refractivity contribution in [3.63, 3.8) is 0 Å². The van der Waals surface area contributed by atoms with Crippen LogP contribution in [0.3, 0.4) is 0 Å². The van der Waals surface area contributed by atoms with Gasteiger partial charge in [0.1, 0.15) is 6.04 Å². The van der Waals surface area contributed by atoms with Crippen LogP contribution in [-0.4, -0.2) is 39.3 Å². The zero-order valence-electron chi connectivity index (χ0n) is 8.34. The molecule has 7 nitrogen and oxygen atoms in total. The minimum atomic E-state index is -0.963. The van der Waals surface area contributed by atoms with Gasteiger partial charge in [0.15, 0.2) is 0 Å². The summed E-state index contributed by atoms with van der Waals surface area (Å²) in [7, 11) is 0. The van der Waals surface area contributed by atoms with Gasteiger partial charge in [-0.25, -0.2) is 0 Å². The summed E-state index contributed by atoms with van der Waals surface area (Å²) in [5.74, 6) is -2.86. The Morgan fingerprint density at radius 2 is 1.33 bits per heavy atom. The molecule has 1 unspecified atom stereocenters. The molecule has 5 N–H and O–H groups in total. The van der Waals surface area contributed by atoms with E-state index in [1.165, 1.54) is 6.92 Å². The van der Waals surface area contributed by atoms with E-state index in [2.05, 4.69) is 0 Å². The Hall–Kier alpha value is -1.63. The molecule has 0 aliphatic rings. The third-order valence-electron chi connectivity index (χ3n) is 1.17. The van der Waals surface area contributed by atoms with Crippen molar-refractivity contribution in [1.29, 1.82) is 0 Å². The highest BCUT2D eigenvalue weighted by Gasteiger charge is 2.00. The van der Waals surface area contributed by atoms with Crippen LogP contribution < -0.4 is 5.73 Å². The second kappa shape index (κ2) is 8.95. The summed E-state index contributed by atoms with van der Waals surface area (Å²) in [6.45, 7) is 1.42. The van der Waals surface area contributed by atoms with Crippen LogP contribution >= 0.6 is 0 Å². The van der Waals surface area contributed by atoms with Gasteiger partial charge in [-0.05, 0) is 13.3 Å². The summed E-state index contributed by atoms with van der Waals surface area (Å²) in [6, 6.07) is -0.731. The molecule has 7 heteroatoms. The molecule has 0 aliphatic carbocycles. The minimum absolute atomic E-state index is 0.0632. The maximum Gasteiger partial charge on any atom is 0.320 e. The molecule has 0 fully saturated rings. The first-order chi connectivity index (χ1) is 6.77. The van der Waals surface area contributed by atoms with Gasteiger partial charge in [0, 0.05) is 12.8 Å². The number of aliphatic carboxylic acids is 3. The van der Waals surface area contributed by atoms with Crippen molar-refractivity contribution in [3.8, 4) is 0 Å². The van der Waals surface area contributed by atoms with Gasteiger partial charge in [-0.1, -0.05) is 0 Å². The topological polar surface area (TPSA) is 138 Å². The Kier molecular flexibility index (Phi) is 9.44. The van der Waals surface area contributed by atoms with E-state index >= 15 is 0 Å². The third-order valence-corrected chi connectivity index (χ3v) is 1.17. The number of carboxylic acid groups (broad SMARTS) is 3. The van der Waals surface area contributed by atoms with E-state index < -0.39 is 23.9 Å². The number of nitrogens with two attached hydrogens (primary N) is 1. The minimum Gasteiger partial charge on any atom is -0.481 e. The molecule has 0 saturated heterocycles. The molecule has 0 spiro atoms. The molecule has 0 aromatic carbocycles. The molecular weight excluding hydrogens is 206 g/mol. The molecule has 1 atom stereocenters. The highest BCUT2D eigenvalue weighted by Crippen LogP contribution is 1.93. The Morgan fingerprint density at radius 1 is 1.07 bits per heavy atom. The standard InChI is InChI=1S/C5H8O4.C3H7NO2/c6-4(7)2-1-3-5(8)9;1-2(4)3(5)6/h1-3H2,(H,6,7)(H,8,9);2H,4H2,1H3,(H,5,6). The predicted molar refractivity (Wildman–Crippen MR) is 50.4 cm³/mol. The van der Waals surface area contributed by atoms with Crippen molar-refractivity contribution in [2.24, 2.45) is 5.73 Å². The fourth-order valence-electron chi connectivity index (χ4n) is 0.391. The van der Waals surface area contributed by atoms with E-state index in [0.29, 0.717) is 0 Å². The van der Waals surface area contributed by atoms with E-state index in [4.69, 9.17) is 21.1 Å². The quantitative estimate of drug-likeness (QED) is 0.501. The van der Waals surface area contributed by atoms with Crippen LogP contribution in [0.4, 0.5) is 0 Å². The lowest BCUT2D eigenvalue weighted by molar-refractivity contribution is -0.139. The van der Waals surface area contributed by atoms with E-state index in [1.54, 1.807) is 0 Å². The van der Waals surface area contributed by atoms with Gasteiger partial charge in [-0.2, -0.15) is 0 Å². The first kappa shape index (κ1) is 15.8. The smallest absolute Gasteiger partial charge is 0.320 e. The van der Waals surface area contributed by atoms with E-state index in [-0.39, 0.29) is 19.3 Å². The molecule has 0 aromatic rings. The Bertz CT molecular complexity index is 211. The molecule has 88 valence electrons. The van der Waals surface area contributed by atoms with Crippen molar-refractivity contribution in [2.45, 2.75) is 32.2 Å². The van der Waals surface area contributed by atoms with Gasteiger partial charge < -0.3 is 21.1 Å². The second-order valence-electron chi connectivity index (χ2n) is 2.77. The average molecular weight is 221 g/mol. The summed E-state index contributed by atoms with van der Waals surface area (Å²) in [4.78, 5) is 29.1. The second-order valence-corrected chi connectivity index (χ2v) is 2.77. The van der Waals surface area contributed by atoms with Crippen molar-refractivity contribution in [3.05, 3.63) is 0 Å². The number of carboxylic acids is 3. The van der Waals surface area contributed by atoms with Gasteiger partial charge in [-0.3, -0.25) is 14.4 Å². The van der Waals surface area contributed by atoms with Crippen molar-refractivity contribution >= 4 is 17.9 Å². The summed E-state index contributed by atoms with van der Waals surface area (Å²) < 4.78 is 0. The lowest BCUT2D eigenvalue weighted by Gasteiger charge is -1.90. The molecular formula is C8H15NO6. The average Bonchev–Trinajstić information content (AvgIpc) is 2.03. The first-order valence-electron chi connectivity index (χ1n) is 4.19.